The molecule has 0 fully saturated rings. The summed E-state index contributed by atoms with van der Waals surface area (Å²) >= 11 is 0. The molecule has 0 saturated heterocycles. The number of hydrogen-bond donors (Lipinski definition) is 2. The number of rotatable bonds is 5. The second-order valence-electron chi connectivity index (χ2n) is 6.57. The van der Waals surface area contributed by atoms with E-state index in [2.05, 4.69) is 10.3 Å². The van der Waals surface area contributed by atoms with Crippen molar-refractivity contribution in [3.63, 3.8) is 0 Å². The molecule has 4 rings (SSSR count). The molecule has 0 atom stereocenters. The molecule has 0 aliphatic rings. The SMILES string of the molecule is COc1ccccc1CNC(=O)c1c(O)c2cccnc2n(-c2ccccc2)c1=O. The molecule has 2 heterocycles. The second kappa shape index (κ2) is 8.08. The van der Waals surface area contributed by atoms with Crippen molar-refractivity contribution in [2.45, 2.75) is 6.54 Å². The van der Waals surface area contributed by atoms with Crippen LogP contribution >= 0.6 is 0 Å². The van der Waals surface area contributed by atoms with E-state index in [4.69, 9.17) is 4.74 Å². The number of benzene rings is 2. The molecule has 0 unspecified atom stereocenters. The fraction of sp³-hybridized carbons (Fsp3) is 0.0870. The Balaban J connectivity index is 1.81. The minimum Gasteiger partial charge on any atom is -0.506 e. The van der Waals surface area contributed by atoms with E-state index in [1.54, 1.807) is 49.6 Å². The summed E-state index contributed by atoms with van der Waals surface area (Å²) in [7, 11) is 1.54. The molecule has 4 aromatic rings. The van der Waals surface area contributed by atoms with Crippen molar-refractivity contribution in [3.8, 4) is 17.2 Å². The first-order valence-corrected chi connectivity index (χ1v) is 9.30. The standard InChI is InChI=1S/C23H19N3O4/c1-30-18-12-6-5-8-15(18)14-25-22(28)19-20(27)17-11-7-13-24-21(17)26(23(19)29)16-9-3-2-4-10-16/h2-13,27H,14H2,1H3,(H,25,28). The molecule has 7 nitrogen and oxygen atoms in total. The molecule has 0 aliphatic heterocycles. The highest BCUT2D eigenvalue weighted by atomic mass is 16.5. The first-order chi connectivity index (χ1) is 14.6. The van der Waals surface area contributed by atoms with Crippen molar-refractivity contribution in [2.75, 3.05) is 7.11 Å². The number of carbonyl (C=O) groups is 1. The summed E-state index contributed by atoms with van der Waals surface area (Å²) in [5.41, 5.74) is 0.577. The largest absolute Gasteiger partial charge is 0.506 e. The molecule has 2 N–H and O–H groups in total. The highest BCUT2D eigenvalue weighted by Gasteiger charge is 2.23. The van der Waals surface area contributed by atoms with Crippen LogP contribution < -0.4 is 15.6 Å². The summed E-state index contributed by atoms with van der Waals surface area (Å²) in [5, 5.41) is 13.7. The Morgan fingerprint density at radius 1 is 1.07 bits per heavy atom. The molecule has 0 saturated carbocycles. The van der Waals surface area contributed by atoms with Crippen LogP contribution in [0.4, 0.5) is 0 Å². The van der Waals surface area contributed by atoms with Gasteiger partial charge in [0.2, 0.25) is 0 Å². The Morgan fingerprint density at radius 3 is 2.57 bits per heavy atom. The van der Waals surface area contributed by atoms with Gasteiger partial charge in [-0.2, -0.15) is 0 Å². The van der Waals surface area contributed by atoms with Crippen LogP contribution in [0.1, 0.15) is 15.9 Å². The maximum atomic E-state index is 13.3. The smallest absolute Gasteiger partial charge is 0.273 e. The van der Waals surface area contributed by atoms with Crippen LogP contribution in [-0.2, 0) is 6.54 Å². The Bertz CT molecular complexity index is 1280. The summed E-state index contributed by atoms with van der Waals surface area (Å²) in [5.74, 6) is -0.460. The van der Waals surface area contributed by atoms with E-state index in [1.165, 1.54) is 10.8 Å². The molecular weight excluding hydrogens is 382 g/mol. The van der Waals surface area contributed by atoms with E-state index >= 15 is 0 Å². The van der Waals surface area contributed by atoms with Crippen LogP contribution in [0.3, 0.4) is 0 Å². The normalized spacial score (nSPS) is 10.7. The minimum absolute atomic E-state index is 0.137. The zero-order valence-corrected chi connectivity index (χ0v) is 16.2. The van der Waals surface area contributed by atoms with Gasteiger partial charge in [0.05, 0.1) is 18.2 Å². The van der Waals surface area contributed by atoms with E-state index in [9.17, 15) is 14.7 Å². The molecule has 0 bridgehead atoms. The third-order valence-corrected chi connectivity index (χ3v) is 4.78. The van der Waals surface area contributed by atoms with Gasteiger partial charge in [-0.1, -0.05) is 36.4 Å². The number of pyridine rings is 2. The molecule has 0 spiro atoms. The minimum atomic E-state index is -0.682. The van der Waals surface area contributed by atoms with Crippen molar-refractivity contribution >= 4 is 16.9 Å². The van der Waals surface area contributed by atoms with E-state index in [1.807, 2.05) is 24.3 Å². The van der Waals surface area contributed by atoms with Gasteiger partial charge in [-0.05, 0) is 30.3 Å². The maximum absolute atomic E-state index is 13.3. The van der Waals surface area contributed by atoms with Gasteiger partial charge in [-0.25, -0.2) is 4.98 Å². The van der Waals surface area contributed by atoms with Crippen LogP contribution in [0.25, 0.3) is 16.7 Å². The van der Waals surface area contributed by atoms with Gasteiger partial charge < -0.3 is 15.2 Å². The molecule has 2 aromatic carbocycles. The number of nitrogens with one attached hydrogen (secondary N) is 1. The average molecular weight is 401 g/mol. The lowest BCUT2D eigenvalue weighted by molar-refractivity contribution is 0.0946. The highest BCUT2D eigenvalue weighted by molar-refractivity contribution is 6.02. The molecule has 7 heteroatoms. The van der Waals surface area contributed by atoms with Gasteiger partial charge in [0, 0.05) is 18.3 Å². The van der Waals surface area contributed by atoms with Crippen molar-refractivity contribution in [3.05, 3.63) is 94.4 Å². The number of fused-ring (bicyclic) bond motifs is 1. The number of carbonyl (C=O) groups excluding carboxylic acids is 1. The monoisotopic (exact) mass is 401 g/mol. The van der Waals surface area contributed by atoms with Crippen LogP contribution in [0.2, 0.25) is 0 Å². The van der Waals surface area contributed by atoms with Gasteiger partial charge in [-0.15, -0.1) is 0 Å². The predicted octanol–water partition coefficient (Wildman–Crippen LogP) is 3.03. The van der Waals surface area contributed by atoms with Crippen LogP contribution in [0, 0.1) is 0 Å². The molecule has 30 heavy (non-hydrogen) atoms. The van der Waals surface area contributed by atoms with Crippen molar-refractivity contribution in [2.24, 2.45) is 0 Å². The zero-order valence-electron chi connectivity index (χ0n) is 16.2. The lowest BCUT2D eigenvalue weighted by atomic mass is 10.1. The predicted molar refractivity (Wildman–Crippen MR) is 113 cm³/mol. The van der Waals surface area contributed by atoms with Crippen LogP contribution in [-0.4, -0.2) is 27.7 Å². The molecular formula is C23H19N3O4. The zero-order chi connectivity index (χ0) is 21.1. The van der Waals surface area contributed by atoms with Crippen molar-refractivity contribution < 1.29 is 14.6 Å². The number of amides is 1. The average Bonchev–Trinajstić information content (AvgIpc) is 2.79. The molecule has 2 aromatic heterocycles. The van der Waals surface area contributed by atoms with E-state index in [0.717, 1.165) is 5.56 Å². The molecule has 0 radical (unpaired) electrons. The lowest BCUT2D eigenvalue weighted by Gasteiger charge is -2.14. The van der Waals surface area contributed by atoms with Crippen molar-refractivity contribution in [1.29, 1.82) is 0 Å². The molecule has 150 valence electrons. The summed E-state index contributed by atoms with van der Waals surface area (Å²) in [6.45, 7) is 0.137. The second-order valence-corrected chi connectivity index (χ2v) is 6.57. The quantitative estimate of drug-likeness (QED) is 0.536. The summed E-state index contributed by atoms with van der Waals surface area (Å²) in [6.07, 6.45) is 1.53. The van der Waals surface area contributed by atoms with Crippen LogP contribution in [0.5, 0.6) is 11.5 Å². The fourth-order valence-corrected chi connectivity index (χ4v) is 3.34. The third-order valence-electron chi connectivity index (χ3n) is 4.78. The van der Waals surface area contributed by atoms with Crippen LogP contribution in [0.15, 0.2) is 77.7 Å². The number of aromatic nitrogens is 2. The topological polar surface area (TPSA) is 93.4 Å². The number of methoxy groups -OCH3 is 1. The third kappa shape index (κ3) is 3.37. The Kier molecular flexibility index (Phi) is 5.17. The van der Waals surface area contributed by atoms with E-state index in [0.29, 0.717) is 16.8 Å². The van der Waals surface area contributed by atoms with Gasteiger partial charge in [-0.3, -0.25) is 14.2 Å². The van der Waals surface area contributed by atoms with E-state index in [-0.39, 0.29) is 17.8 Å². The number of para-hydroxylation sites is 2. The van der Waals surface area contributed by atoms with Gasteiger partial charge in [0.1, 0.15) is 17.1 Å². The summed E-state index contributed by atoms with van der Waals surface area (Å²) < 4.78 is 6.62. The first kappa shape index (κ1) is 19.2. The van der Waals surface area contributed by atoms with E-state index < -0.39 is 17.2 Å². The fourth-order valence-electron chi connectivity index (χ4n) is 3.34. The lowest BCUT2D eigenvalue weighted by Crippen LogP contribution is -2.33. The first-order valence-electron chi connectivity index (χ1n) is 9.30. The summed E-state index contributed by atoms with van der Waals surface area (Å²) in [4.78, 5) is 30.4. The van der Waals surface area contributed by atoms with Crippen molar-refractivity contribution in [1.82, 2.24) is 14.9 Å². The molecule has 0 aliphatic carbocycles. The Hall–Kier alpha value is -4.13. The number of ether oxygens (including phenoxy) is 1. The van der Waals surface area contributed by atoms with Gasteiger partial charge in [0.25, 0.3) is 11.5 Å². The maximum Gasteiger partial charge on any atom is 0.273 e. The van der Waals surface area contributed by atoms with Gasteiger partial charge >= 0.3 is 0 Å². The Labute approximate surface area is 172 Å². The Morgan fingerprint density at radius 2 is 1.80 bits per heavy atom. The summed E-state index contributed by atoms with van der Waals surface area (Å²) in [6, 6.07) is 19.4. The number of aromatic hydroxyl groups is 1. The highest BCUT2D eigenvalue weighted by Crippen LogP contribution is 2.27. The number of nitrogens with zero attached hydrogens (tertiary/aromatic N) is 2. The molecule has 1 amide bonds. The van der Waals surface area contributed by atoms with Gasteiger partial charge in [0.15, 0.2) is 5.65 Å². The number of hydrogen-bond acceptors (Lipinski definition) is 5.